The van der Waals surface area contributed by atoms with E-state index in [2.05, 4.69) is 5.32 Å². The predicted molar refractivity (Wildman–Crippen MR) is 61.5 cm³/mol. The number of halogens is 1. The first-order valence-corrected chi connectivity index (χ1v) is 5.24. The smallest absolute Gasteiger partial charge is 0.323 e. The first-order valence-electron chi connectivity index (χ1n) is 4.86. The van der Waals surface area contributed by atoms with E-state index in [0.717, 1.165) is 11.1 Å². The normalized spacial score (nSPS) is 12.4. The number of benzene rings is 1. The summed E-state index contributed by atoms with van der Waals surface area (Å²) >= 11 is 5.87. The zero-order valence-corrected chi connectivity index (χ0v) is 9.66. The minimum atomic E-state index is -1.06. The number of aliphatic carboxylic acids is 1. The molecular formula is C11H14ClNO3. The van der Waals surface area contributed by atoms with Crippen molar-refractivity contribution >= 4 is 17.6 Å². The number of carboxylic acids is 1. The second-order valence-electron chi connectivity index (χ2n) is 3.54. The molecule has 88 valence electrons. The average molecular weight is 244 g/mol. The number of carboxylic acid groups (broad SMARTS) is 1. The van der Waals surface area contributed by atoms with Crippen LogP contribution in [-0.2, 0) is 11.3 Å². The van der Waals surface area contributed by atoms with Gasteiger partial charge in [-0.2, -0.15) is 0 Å². The van der Waals surface area contributed by atoms with Crippen molar-refractivity contribution in [1.82, 2.24) is 5.32 Å². The molecule has 0 fully saturated rings. The molecule has 1 aromatic carbocycles. The fourth-order valence-corrected chi connectivity index (χ4v) is 1.41. The zero-order chi connectivity index (χ0) is 12.1. The number of aliphatic hydroxyl groups is 1. The lowest BCUT2D eigenvalue weighted by Gasteiger charge is -2.12. The lowest BCUT2D eigenvalue weighted by atomic mass is 10.1. The molecule has 0 heterocycles. The van der Waals surface area contributed by atoms with Crippen LogP contribution in [0.1, 0.15) is 11.1 Å². The molecule has 1 atom stereocenters. The molecule has 0 aromatic heterocycles. The van der Waals surface area contributed by atoms with Gasteiger partial charge in [-0.25, -0.2) is 0 Å². The van der Waals surface area contributed by atoms with Crippen LogP contribution in [0.3, 0.4) is 0 Å². The van der Waals surface area contributed by atoms with Crippen LogP contribution in [0, 0.1) is 6.92 Å². The predicted octanol–water partition coefficient (Wildman–Crippen LogP) is 1.18. The molecule has 0 aliphatic heterocycles. The second-order valence-corrected chi connectivity index (χ2v) is 3.95. The molecule has 16 heavy (non-hydrogen) atoms. The van der Waals surface area contributed by atoms with Crippen molar-refractivity contribution in [2.24, 2.45) is 0 Å². The molecule has 1 rings (SSSR count). The molecule has 0 bridgehead atoms. The summed E-state index contributed by atoms with van der Waals surface area (Å²) in [5.74, 6) is -1.06. The Kier molecular flexibility index (Phi) is 4.73. The summed E-state index contributed by atoms with van der Waals surface area (Å²) in [7, 11) is 0. The minimum Gasteiger partial charge on any atom is -0.480 e. The van der Waals surface area contributed by atoms with Gasteiger partial charge in [0.1, 0.15) is 6.04 Å². The fourth-order valence-electron chi connectivity index (χ4n) is 1.29. The molecule has 0 spiro atoms. The van der Waals surface area contributed by atoms with E-state index in [9.17, 15) is 4.79 Å². The van der Waals surface area contributed by atoms with Gasteiger partial charge in [-0.1, -0.05) is 23.7 Å². The van der Waals surface area contributed by atoms with Crippen LogP contribution in [0.15, 0.2) is 18.2 Å². The van der Waals surface area contributed by atoms with E-state index in [0.29, 0.717) is 11.6 Å². The van der Waals surface area contributed by atoms with Crippen molar-refractivity contribution in [2.45, 2.75) is 19.5 Å². The standard InChI is InChI=1S/C11H14ClNO3/c1-7-4-8(2-3-9(7)12)5-13-10(6-14)11(15)16/h2-4,10,13-14H,5-6H2,1H3,(H,15,16). The van der Waals surface area contributed by atoms with Gasteiger partial charge in [0.2, 0.25) is 0 Å². The maximum absolute atomic E-state index is 10.6. The first kappa shape index (κ1) is 13.0. The van der Waals surface area contributed by atoms with E-state index in [1.807, 2.05) is 19.1 Å². The number of aliphatic hydroxyl groups excluding tert-OH is 1. The van der Waals surface area contributed by atoms with Gasteiger partial charge in [-0.3, -0.25) is 10.1 Å². The number of hydrogen-bond acceptors (Lipinski definition) is 3. The van der Waals surface area contributed by atoms with E-state index in [4.69, 9.17) is 21.8 Å². The van der Waals surface area contributed by atoms with Gasteiger partial charge >= 0.3 is 5.97 Å². The highest BCUT2D eigenvalue weighted by Gasteiger charge is 2.14. The molecule has 0 aliphatic rings. The summed E-state index contributed by atoms with van der Waals surface area (Å²) < 4.78 is 0. The summed E-state index contributed by atoms with van der Waals surface area (Å²) in [6.45, 7) is 1.84. The highest BCUT2D eigenvalue weighted by Crippen LogP contribution is 2.16. The lowest BCUT2D eigenvalue weighted by Crippen LogP contribution is -2.39. The van der Waals surface area contributed by atoms with E-state index in [1.54, 1.807) is 6.07 Å². The Balaban J connectivity index is 2.60. The third kappa shape index (κ3) is 3.48. The first-order chi connectivity index (χ1) is 7.54. The molecule has 3 N–H and O–H groups in total. The van der Waals surface area contributed by atoms with Gasteiger partial charge in [0, 0.05) is 11.6 Å². The number of rotatable bonds is 5. The fraction of sp³-hybridized carbons (Fsp3) is 0.364. The van der Waals surface area contributed by atoms with Crippen molar-refractivity contribution < 1.29 is 15.0 Å². The topological polar surface area (TPSA) is 69.6 Å². The van der Waals surface area contributed by atoms with Gasteiger partial charge < -0.3 is 10.2 Å². The quantitative estimate of drug-likeness (QED) is 0.727. The van der Waals surface area contributed by atoms with Crippen molar-refractivity contribution in [3.8, 4) is 0 Å². The summed E-state index contributed by atoms with van der Waals surface area (Å²) in [5, 5.41) is 20.9. The molecule has 5 heteroatoms. The number of carbonyl (C=O) groups is 1. The van der Waals surface area contributed by atoms with Crippen LogP contribution in [0.4, 0.5) is 0 Å². The van der Waals surface area contributed by atoms with Crippen LogP contribution >= 0.6 is 11.6 Å². The van der Waals surface area contributed by atoms with Crippen molar-refractivity contribution in [2.75, 3.05) is 6.61 Å². The van der Waals surface area contributed by atoms with Crippen LogP contribution in [0.2, 0.25) is 5.02 Å². The Labute approximate surface area is 98.9 Å². The highest BCUT2D eigenvalue weighted by atomic mass is 35.5. The highest BCUT2D eigenvalue weighted by molar-refractivity contribution is 6.31. The Bertz CT molecular complexity index is 381. The minimum absolute atomic E-state index is 0.384. The van der Waals surface area contributed by atoms with Gasteiger partial charge in [-0.15, -0.1) is 0 Å². The SMILES string of the molecule is Cc1cc(CNC(CO)C(=O)O)ccc1Cl. The monoisotopic (exact) mass is 243 g/mol. The molecule has 0 radical (unpaired) electrons. The molecule has 0 amide bonds. The summed E-state index contributed by atoms with van der Waals surface area (Å²) in [6.07, 6.45) is 0. The van der Waals surface area contributed by atoms with Crippen LogP contribution in [0.25, 0.3) is 0 Å². The number of hydrogen-bond donors (Lipinski definition) is 3. The number of aryl methyl sites for hydroxylation is 1. The zero-order valence-electron chi connectivity index (χ0n) is 8.90. The Morgan fingerprint density at radius 3 is 2.75 bits per heavy atom. The maximum Gasteiger partial charge on any atom is 0.323 e. The summed E-state index contributed by atoms with van der Waals surface area (Å²) in [5.41, 5.74) is 1.87. The largest absolute Gasteiger partial charge is 0.480 e. The molecule has 4 nitrogen and oxygen atoms in total. The Morgan fingerprint density at radius 2 is 2.25 bits per heavy atom. The number of nitrogens with one attached hydrogen (secondary N) is 1. The molecule has 1 aromatic rings. The van der Waals surface area contributed by atoms with Gasteiger partial charge in [0.25, 0.3) is 0 Å². The van der Waals surface area contributed by atoms with E-state index in [1.165, 1.54) is 0 Å². The molecule has 1 unspecified atom stereocenters. The summed E-state index contributed by atoms with van der Waals surface area (Å²) in [6, 6.07) is 4.53. The van der Waals surface area contributed by atoms with Crippen molar-refractivity contribution in [3.05, 3.63) is 34.3 Å². The molecular weight excluding hydrogens is 230 g/mol. The van der Waals surface area contributed by atoms with Gasteiger partial charge in [-0.05, 0) is 24.1 Å². The second kappa shape index (κ2) is 5.84. The van der Waals surface area contributed by atoms with Crippen molar-refractivity contribution in [1.29, 1.82) is 0 Å². The lowest BCUT2D eigenvalue weighted by molar-refractivity contribution is -0.140. The van der Waals surface area contributed by atoms with E-state index < -0.39 is 18.6 Å². The molecule has 0 saturated heterocycles. The van der Waals surface area contributed by atoms with Gasteiger partial charge in [0.05, 0.1) is 6.61 Å². The van der Waals surface area contributed by atoms with Crippen molar-refractivity contribution in [3.63, 3.8) is 0 Å². The third-order valence-electron chi connectivity index (χ3n) is 2.26. The van der Waals surface area contributed by atoms with Crippen LogP contribution in [0.5, 0.6) is 0 Å². The van der Waals surface area contributed by atoms with E-state index in [-0.39, 0.29) is 0 Å². The average Bonchev–Trinajstić information content (AvgIpc) is 2.23. The Hall–Kier alpha value is -1.10. The van der Waals surface area contributed by atoms with E-state index >= 15 is 0 Å². The van der Waals surface area contributed by atoms with Gasteiger partial charge in [0.15, 0.2) is 0 Å². The molecule has 0 saturated carbocycles. The third-order valence-corrected chi connectivity index (χ3v) is 2.68. The summed E-state index contributed by atoms with van der Waals surface area (Å²) in [4.78, 5) is 10.6. The van der Waals surface area contributed by atoms with Crippen LogP contribution < -0.4 is 5.32 Å². The maximum atomic E-state index is 10.6. The molecule has 0 aliphatic carbocycles. The Morgan fingerprint density at radius 1 is 1.56 bits per heavy atom. The van der Waals surface area contributed by atoms with Crippen LogP contribution in [-0.4, -0.2) is 28.8 Å².